The highest BCUT2D eigenvalue weighted by Crippen LogP contribution is 2.29. The quantitative estimate of drug-likeness (QED) is 0.734. The number of likely N-dealkylation sites (N-methyl/N-ethyl adjacent to an activating group) is 1. The minimum atomic E-state index is -0.629. The van der Waals surface area contributed by atoms with Crippen LogP contribution in [0.25, 0.3) is 0 Å². The van der Waals surface area contributed by atoms with Crippen molar-refractivity contribution in [2.24, 2.45) is 0 Å². The molecule has 0 spiro atoms. The van der Waals surface area contributed by atoms with Gasteiger partial charge in [0.2, 0.25) is 5.91 Å². The molecule has 1 fully saturated rings. The zero-order valence-electron chi connectivity index (χ0n) is 11.3. The Hall–Kier alpha value is -0.610. The second kappa shape index (κ2) is 6.36. The molecule has 0 radical (unpaired) electrons. The lowest BCUT2D eigenvalue weighted by atomic mass is 10.0. The van der Waals surface area contributed by atoms with E-state index in [-0.39, 0.29) is 5.91 Å². The third kappa shape index (κ3) is 5.04. The average Bonchev–Trinajstić information content (AvgIpc) is 2.64. The molecule has 0 bridgehead atoms. The van der Waals surface area contributed by atoms with E-state index in [0.29, 0.717) is 25.6 Å². The maximum absolute atomic E-state index is 11.8. The molecule has 17 heavy (non-hydrogen) atoms. The number of hydrogen-bond donors (Lipinski definition) is 2. The van der Waals surface area contributed by atoms with Crippen LogP contribution in [0.15, 0.2) is 0 Å². The van der Waals surface area contributed by atoms with Crippen LogP contribution < -0.4 is 5.32 Å². The van der Waals surface area contributed by atoms with Gasteiger partial charge in [-0.05, 0) is 12.8 Å². The fourth-order valence-corrected chi connectivity index (χ4v) is 2.38. The Bertz CT molecular complexity index is 248. The third-order valence-corrected chi connectivity index (χ3v) is 3.38. The van der Waals surface area contributed by atoms with Crippen molar-refractivity contribution in [1.29, 1.82) is 0 Å². The first-order valence-corrected chi connectivity index (χ1v) is 6.63. The Morgan fingerprint density at radius 2 is 2.00 bits per heavy atom. The van der Waals surface area contributed by atoms with Crippen molar-refractivity contribution in [2.75, 3.05) is 20.1 Å². The Morgan fingerprint density at radius 3 is 2.53 bits per heavy atom. The van der Waals surface area contributed by atoms with Crippen molar-refractivity contribution < 1.29 is 9.90 Å². The van der Waals surface area contributed by atoms with E-state index in [0.717, 1.165) is 25.7 Å². The molecule has 1 amide bonds. The van der Waals surface area contributed by atoms with Crippen LogP contribution in [0, 0.1) is 0 Å². The Morgan fingerprint density at radius 1 is 1.41 bits per heavy atom. The van der Waals surface area contributed by atoms with Gasteiger partial charge in [0.25, 0.3) is 0 Å². The van der Waals surface area contributed by atoms with Gasteiger partial charge in [0.05, 0.1) is 5.60 Å². The molecule has 1 aliphatic rings. The topological polar surface area (TPSA) is 52.6 Å². The number of nitrogens with one attached hydrogen (secondary N) is 1. The van der Waals surface area contributed by atoms with Crippen LogP contribution in [0.2, 0.25) is 0 Å². The van der Waals surface area contributed by atoms with Crippen LogP contribution in [0.3, 0.4) is 0 Å². The second-order valence-electron chi connectivity index (χ2n) is 5.54. The number of nitrogens with zero attached hydrogens (tertiary/aromatic N) is 1. The number of carbonyl (C=O) groups is 1. The summed E-state index contributed by atoms with van der Waals surface area (Å²) in [5, 5.41) is 13.4. The van der Waals surface area contributed by atoms with Gasteiger partial charge >= 0.3 is 0 Å². The molecular weight excluding hydrogens is 216 g/mol. The number of hydrogen-bond acceptors (Lipinski definition) is 3. The predicted molar refractivity (Wildman–Crippen MR) is 68.8 cm³/mol. The summed E-state index contributed by atoms with van der Waals surface area (Å²) >= 11 is 0. The monoisotopic (exact) mass is 242 g/mol. The predicted octanol–water partition coefficient (Wildman–Crippen LogP) is 1.14. The van der Waals surface area contributed by atoms with Crippen LogP contribution in [-0.4, -0.2) is 47.7 Å². The lowest BCUT2D eigenvalue weighted by molar-refractivity contribution is -0.133. The zero-order valence-corrected chi connectivity index (χ0v) is 11.3. The van der Waals surface area contributed by atoms with Gasteiger partial charge in [0.15, 0.2) is 0 Å². The first-order chi connectivity index (χ1) is 7.93. The molecule has 1 rings (SSSR count). The molecule has 0 aromatic rings. The lowest BCUT2D eigenvalue weighted by Crippen LogP contribution is -2.42. The highest BCUT2D eigenvalue weighted by atomic mass is 16.3. The first kappa shape index (κ1) is 14.5. The van der Waals surface area contributed by atoms with E-state index in [2.05, 4.69) is 19.2 Å². The number of rotatable bonds is 6. The molecular formula is C13H26N2O2. The van der Waals surface area contributed by atoms with E-state index in [1.807, 2.05) is 0 Å². The molecule has 0 aromatic carbocycles. The Labute approximate surface area is 104 Å². The summed E-state index contributed by atoms with van der Waals surface area (Å²) in [6.07, 6.45) is 4.31. The summed E-state index contributed by atoms with van der Waals surface area (Å²) in [4.78, 5) is 13.5. The maximum atomic E-state index is 11.8. The molecule has 1 aliphatic carbocycles. The number of amides is 1. The van der Waals surface area contributed by atoms with E-state index in [1.54, 1.807) is 11.9 Å². The summed E-state index contributed by atoms with van der Waals surface area (Å²) in [7, 11) is 1.79. The van der Waals surface area contributed by atoms with E-state index in [1.165, 1.54) is 0 Å². The third-order valence-electron chi connectivity index (χ3n) is 3.38. The maximum Gasteiger partial charge on any atom is 0.223 e. The fourth-order valence-electron chi connectivity index (χ4n) is 2.38. The van der Waals surface area contributed by atoms with Crippen LogP contribution in [0.1, 0.15) is 46.0 Å². The molecule has 0 atom stereocenters. The summed E-state index contributed by atoms with van der Waals surface area (Å²) in [6.45, 7) is 5.32. The molecule has 0 aliphatic heterocycles. The normalized spacial score (nSPS) is 18.6. The molecule has 1 saturated carbocycles. The summed E-state index contributed by atoms with van der Waals surface area (Å²) in [5.74, 6) is 0.110. The second-order valence-corrected chi connectivity index (χ2v) is 5.54. The van der Waals surface area contributed by atoms with E-state index in [9.17, 15) is 9.90 Å². The van der Waals surface area contributed by atoms with Crippen molar-refractivity contribution in [1.82, 2.24) is 10.2 Å². The summed E-state index contributed by atoms with van der Waals surface area (Å²) < 4.78 is 0. The van der Waals surface area contributed by atoms with Crippen molar-refractivity contribution in [3.8, 4) is 0 Å². The largest absolute Gasteiger partial charge is 0.388 e. The van der Waals surface area contributed by atoms with Gasteiger partial charge in [-0.25, -0.2) is 0 Å². The van der Waals surface area contributed by atoms with Crippen LogP contribution in [0.5, 0.6) is 0 Å². The highest BCUT2D eigenvalue weighted by molar-refractivity contribution is 5.76. The van der Waals surface area contributed by atoms with Crippen molar-refractivity contribution in [3.05, 3.63) is 0 Å². The van der Waals surface area contributed by atoms with E-state index in [4.69, 9.17) is 0 Å². The van der Waals surface area contributed by atoms with Gasteiger partial charge in [-0.3, -0.25) is 4.79 Å². The summed E-state index contributed by atoms with van der Waals surface area (Å²) in [6, 6.07) is 0.409. The highest BCUT2D eigenvalue weighted by Gasteiger charge is 2.33. The van der Waals surface area contributed by atoms with Gasteiger partial charge in [-0.2, -0.15) is 0 Å². The van der Waals surface area contributed by atoms with E-state index >= 15 is 0 Å². The number of carbonyl (C=O) groups excluding carboxylic acids is 1. The SMILES string of the molecule is CC(C)NCCC(=O)N(C)CC1(O)CCCC1. The van der Waals surface area contributed by atoms with Gasteiger partial charge in [0.1, 0.15) is 0 Å². The average molecular weight is 242 g/mol. The standard InChI is InChI=1S/C13H26N2O2/c1-11(2)14-9-6-12(16)15(3)10-13(17)7-4-5-8-13/h11,14,17H,4-10H2,1-3H3. The molecule has 0 saturated heterocycles. The van der Waals surface area contributed by atoms with Crippen molar-refractivity contribution in [3.63, 3.8) is 0 Å². The molecule has 100 valence electrons. The number of aliphatic hydroxyl groups is 1. The minimum absolute atomic E-state index is 0.110. The minimum Gasteiger partial charge on any atom is -0.388 e. The molecule has 2 N–H and O–H groups in total. The fraction of sp³-hybridized carbons (Fsp3) is 0.923. The van der Waals surface area contributed by atoms with E-state index < -0.39 is 5.60 Å². The summed E-state index contributed by atoms with van der Waals surface area (Å²) in [5.41, 5.74) is -0.629. The smallest absolute Gasteiger partial charge is 0.223 e. The lowest BCUT2D eigenvalue weighted by Gasteiger charge is -2.28. The zero-order chi connectivity index (χ0) is 12.9. The molecule has 0 aromatic heterocycles. The molecule has 4 nitrogen and oxygen atoms in total. The first-order valence-electron chi connectivity index (χ1n) is 6.63. The van der Waals surface area contributed by atoms with Crippen molar-refractivity contribution in [2.45, 2.75) is 57.6 Å². The molecule has 0 heterocycles. The van der Waals surface area contributed by atoms with Gasteiger partial charge in [-0.15, -0.1) is 0 Å². The Kier molecular flexibility index (Phi) is 5.40. The Balaban J connectivity index is 2.26. The van der Waals surface area contributed by atoms with Crippen LogP contribution in [-0.2, 0) is 4.79 Å². The van der Waals surface area contributed by atoms with Gasteiger partial charge < -0.3 is 15.3 Å². The van der Waals surface area contributed by atoms with Crippen LogP contribution >= 0.6 is 0 Å². The van der Waals surface area contributed by atoms with Gasteiger partial charge in [0, 0.05) is 32.6 Å². The van der Waals surface area contributed by atoms with Crippen molar-refractivity contribution >= 4 is 5.91 Å². The van der Waals surface area contributed by atoms with Gasteiger partial charge in [-0.1, -0.05) is 26.7 Å². The molecule has 0 unspecified atom stereocenters. The molecule has 4 heteroatoms. The van der Waals surface area contributed by atoms with Crippen LogP contribution in [0.4, 0.5) is 0 Å².